The highest BCUT2D eigenvalue weighted by Crippen LogP contribution is 2.24. The summed E-state index contributed by atoms with van der Waals surface area (Å²) in [7, 11) is 2.06. The van der Waals surface area contributed by atoms with Gasteiger partial charge >= 0.3 is 0 Å². The molecule has 21 heavy (non-hydrogen) atoms. The van der Waals surface area contributed by atoms with Gasteiger partial charge in [-0.15, -0.1) is 0 Å². The van der Waals surface area contributed by atoms with E-state index in [1.165, 1.54) is 32.1 Å². The minimum absolute atomic E-state index is 0.191. The summed E-state index contributed by atoms with van der Waals surface area (Å²) in [4.78, 5) is 14.5. The zero-order valence-corrected chi connectivity index (χ0v) is 13.3. The molecule has 3 heteroatoms. The topological polar surface area (TPSA) is 29.5 Å². The van der Waals surface area contributed by atoms with Gasteiger partial charge in [-0.2, -0.15) is 0 Å². The quantitative estimate of drug-likeness (QED) is 0.715. The Morgan fingerprint density at radius 3 is 2.48 bits per heavy atom. The third-order valence-corrected chi connectivity index (χ3v) is 4.20. The van der Waals surface area contributed by atoms with Crippen molar-refractivity contribution in [3.05, 3.63) is 29.8 Å². The first-order chi connectivity index (χ1) is 10.2. The van der Waals surface area contributed by atoms with Crippen LogP contribution in [0.25, 0.3) is 0 Å². The Morgan fingerprint density at radius 2 is 1.86 bits per heavy atom. The number of hydrogen-bond acceptors (Lipinski definition) is 3. The molecule has 0 amide bonds. The fourth-order valence-corrected chi connectivity index (χ4v) is 3.12. The van der Waals surface area contributed by atoms with E-state index in [-0.39, 0.29) is 5.78 Å². The Bertz CT molecular complexity index is 435. The molecule has 0 heterocycles. The molecule has 1 aliphatic rings. The molecule has 0 aliphatic heterocycles. The van der Waals surface area contributed by atoms with Crippen molar-refractivity contribution in [2.75, 3.05) is 26.7 Å². The SMILES string of the molecule is CCOc1ccc(C(=O)CN(C)CC2CCCCC2)cc1. The second kappa shape index (κ2) is 8.18. The van der Waals surface area contributed by atoms with Gasteiger partial charge in [-0.25, -0.2) is 0 Å². The van der Waals surface area contributed by atoms with Crippen molar-refractivity contribution < 1.29 is 9.53 Å². The lowest BCUT2D eigenvalue weighted by atomic mass is 9.89. The molecular weight excluding hydrogens is 262 g/mol. The number of benzene rings is 1. The zero-order valence-electron chi connectivity index (χ0n) is 13.3. The van der Waals surface area contributed by atoms with Crippen LogP contribution in [0.3, 0.4) is 0 Å². The molecule has 2 rings (SSSR count). The molecule has 1 aromatic rings. The standard InChI is InChI=1S/C18H27NO2/c1-3-21-17-11-9-16(10-12-17)18(20)14-19(2)13-15-7-5-4-6-8-15/h9-12,15H,3-8,13-14H2,1-2H3. The number of ether oxygens (including phenoxy) is 1. The molecule has 1 saturated carbocycles. The molecule has 0 spiro atoms. The monoisotopic (exact) mass is 289 g/mol. The van der Waals surface area contributed by atoms with Crippen LogP contribution in [0.4, 0.5) is 0 Å². The maximum atomic E-state index is 12.3. The van der Waals surface area contributed by atoms with Crippen molar-refractivity contribution in [1.82, 2.24) is 4.90 Å². The lowest BCUT2D eigenvalue weighted by molar-refractivity contribution is 0.0932. The van der Waals surface area contributed by atoms with E-state index in [4.69, 9.17) is 4.74 Å². The van der Waals surface area contributed by atoms with Gasteiger partial charge in [0.1, 0.15) is 5.75 Å². The van der Waals surface area contributed by atoms with Crippen molar-refractivity contribution in [3.63, 3.8) is 0 Å². The number of nitrogens with zero attached hydrogens (tertiary/aromatic N) is 1. The molecule has 3 nitrogen and oxygen atoms in total. The predicted octanol–water partition coefficient (Wildman–Crippen LogP) is 3.78. The molecule has 0 atom stereocenters. The number of carbonyl (C=O) groups is 1. The van der Waals surface area contributed by atoms with E-state index < -0.39 is 0 Å². The van der Waals surface area contributed by atoms with E-state index in [9.17, 15) is 4.79 Å². The molecule has 1 aliphatic carbocycles. The predicted molar refractivity (Wildman–Crippen MR) is 86.0 cm³/mol. The van der Waals surface area contributed by atoms with Crippen molar-refractivity contribution in [3.8, 4) is 5.75 Å². The van der Waals surface area contributed by atoms with Gasteiger partial charge in [0.25, 0.3) is 0 Å². The minimum atomic E-state index is 0.191. The van der Waals surface area contributed by atoms with E-state index in [0.29, 0.717) is 13.2 Å². The number of hydrogen-bond donors (Lipinski definition) is 0. The van der Waals surface area contributed by atoms with Crippen molar-refractivity contribution in [1.29, 1.82) is 0 Å². The lowest BCUT2D eigenvalue weighted by Gasteiger charge is -2.26. The lowest BCUT2D eigenvalue weighted by Crippen LogP contribution is -2.31. The first kappa shape index (κ1) is 16.0. The third-order valence-electron chi connectivity index (χ3n) is 4.20. The number of likely N-dealkylation sites (N-methyl/N-ethyl adjacent to an activating group) is 1. The average Bonchev–Trinajstić information content (AvgIpc) is 2.49. The number of ketones is 1. The summed E-state index contributed by atoms with van der Waals surface area (Å²) in [5.41, 5.74) is 0.772. The van der Waals surface area contributed by atoms with Gasteiger partial charge in [0.05, 0.1) is 13.2 Å². The first-order valence-corrected chi connectivity index (χ1v) is 8.13. The highest BCUT2D eigenvalue weighted by Gasteiger charge is 2.17. The van der Waals surface area contributed by atoms with E-state index in [0.717, 1.165) is 23.8 Å². The third kappa shape index (κ3) is 5.16. The Hall–Kier alpha value is -1.35. The second-order valence-corrected chi connectivity index (χ2v) is 6.08. The Labute approximate surface area is 128 Å². The van der Waals surface area contributed by atoms with Crippen molar-refractivity contribution >= 4 is 5.78 Å². The summed E-state index contributed by atoms with van der Waals surface area (Å²) in [6.07, 6.45) is 6.73. The van der Waals surface area contributed by atoms with E-state index in [2.05, 4.69) is 11.9 Å². The van der Waals surface area contributed by atoms with Gasteiger partial charge in [-0.3, -0.25) is 9.69 Å². The van der Waals surface area contributed by atoms with Crippen LogP contribution < -0.4 is 4.74 Å². The molecule has 0 radical (unpaired) electrons. The maximum absolute atomic E-state index is 12.3. The zero-order chi connectivity index (χ0) is 15.1. The minimum Gasteiger partial charge on any atom is -0.494 e. The summed E-state index contributed by atoms with van der Waals surface area (Å²) < 4.78 is 5.40. The summed E-state index contributed by atoms with van der Waals surface area (Å²) in [6.45, 7) is 4.16. The summed E-state index contributed by atoms with van der Waals surface area (Å²) in [5, 5.41) is 0. The molecule has 116 valence electrons. The summed E-state index contributed by atoms with van der Waals surface area (Å²) in [5.74, 6) is 1.79. The Kier molecular flexibility index (Phi) is 6.24. The van der Waals surface area contributed by atoms with E-state index in [1.807, 2.05) is 31.2 Å². The van der Waals surface area contributed by atoms with Gasteiger partial charge in [-0.1, -0.05) is 19.3 Å². The van der Waals surface area contributed by atoms with Crippen LogP contribution in [0.1, 0.15) is 49.4 Å². The Balaban J connectivity index is 1.82. The first-order valence-electron chi connectivity index (χ1n) is 8.13. The molecule has 0 N–H and O–H groups in total. The molecular formula is C18H27NO2. The van der Waals surface area contributed by atoms with Gasteiger partial charge < -0.3 is 4.74 Å². The van der Waals surface area contributed by atoms with Gasteiger partial charge in [0.2, 0.25) is 0 Å². The molecule has 0 bridgehead atoms. The van der Waals surface area contributed by atoms with Crippen LogP contribution in [0.5, 0.6) is 5.75 Å². The number of rotatable bonds is 7. The summed E-state index contributed by atoms with van der Waals surface area (Å²) in [6, 6.07) is 7.47. The smallest absolute Gasteiger partial charge is 0.176 e. The van der Waals surface area contributed by atoms with Crippen LogP contribution >= 0.6 is 0 Å². The van der Waals surface area contributed by atoms with Crippen LogP contribution in [0.2, 0.25) is 0 Å². The van der Waals surface area contributed by atoms with Crippen LogP contribution in [0, 0.1) is 5.92 Å². The molecule has 0 aromatic heterocycles. The van der Waals surface area contributed by atoms with Gasteiger partial charge in [-0.05, 0) is 57.0 Å². The van der Waals surface area contributed by atoms with E-state index >= 15 is 0 Å². The Morgan fingerprint density at radius 1 is 1.19 bits per heavy atom. The van der Waals surface area contributed by atoms with Crippen molar-refractivity contribution in [2.24, 2.45) is 5.92 Å². The van der Waals surface area contributed by atoms with Crippen LogP contribution in [-0.4, -0.2) is 37.4 Å². The van der Waals surface area contributed by atoms with Crippen LogP contribution in [-0.2, 0) is 0 Å². The van der Waals surface area contributed by atoms with Crippen molar-refractivity contribution in [2.45, 2.75) is 39.0 Å². The number of carbonyl (C=O) groups excluding carboxylic acids is 1. The van der Waals surface area contributed by atoms with Crippen LogP contribution in [0.15, 0.2) is 24.3 Å². The highest BCUT2D eigenvalue weighted by atomic mass is 16.5. The summed E-state index contributed by atoms with van der Waals surface area (Å²) >= 11 is 0. The normalized spacial score (nSPS) is 16.1. The molecule has 1 fully saturated rings. The van der Waals surface area contributed by atoms with E-state index in [1.54, 1.807) is 0 Å². The molecule has 1 aromatic carbocycles. The highest BCUT2D eigenvalue weighted by molar-refractivity contribution is 5.97. The second-order valence-electron chi connectivity index (χ2n) is 6.08. The largest absolute Gasteiger partial charge is 0.494 e. The fourth-order valence-electron chi connectivity index (χ4n) is 3.12. The fraction of sp³-hybridized carbons (Fsp3) is 0.611. The maximum Gasteiger partial charge on any atom is 0.176 e. The molecule has 0 unspecified atom stereocenters. The van der Waals surface area contributed by atoms with Gasteiger partial charge in [0, 0.05) is 12.1 Å². The average molecular weight is 289 g/mol. The number of Topliss-reactive ketones (excluding diaryl/α,β-unsaturated/α-hetero) is 1. The van der Waals surface area contributed by atoms with Gasteiger partial charge in [0.15, 0.2) is 5.78 Å². The molecule has 0 saturated heterocycles.